The first-order valence-electron chi connectivity index (χ1n) is 7.75. The van der Waals surface area contributed by atoms with Crippen molar-refractivity contribution in [2.45, 2.75) is 26.7 Å². The molecule has 1 amide bonds. The lowest BCUT2D eigenvalue weighted by molar-refractivity contribution is -0.385. The zero-order valence-corrected chi connectivity index (χ0v) is 14.4. The number of carboxylic acids is 1. The number of carboxylic acid groups (broad SMARTS) is 1. The number of ether oxygens (including phenoxy) is 2. The summed E-state index contributed by atoms with van der Waals surface area (Å²) >= 11 is 0. The number of nitro groups is 1. The van der Waals surface area contributed by atoms with Crippen LogP contribution in [-0.4, -0.2) is 42.2 Å². The highest BCUT2D eigenvalue weighted by Gasteiger charge is 2.35. The number of methoxy groups -OCH3 is 1. The van der Waals surface area contributed by atoms with Gasteiger partial charge in [0, 0.05) is 18.7 Å². The largest absolute Gasteiger partial charge is 0.490 e. The van der Waals surface area contributed by atoms with Crippen molar-refractivity contribution in [3.05, 3.63) is 28.3 Å². The van der Waals surface area contributed by atoms with Gasteiger partial charge in [-0.3, -0.25) is 19.7 Å². The number of nitro benzene ring substituents is 1. The van der Waals surface area contributed by atoms with Gasteiger partial charge in [-0.05, 0) is 18.9 Å². The Hall–Kier alpha value is -2.84. The van der Waals surface area contributed by atoms with E-state index in [0.29, 0.717) is 12.8 Å². The predicted octanol–water partition coefficient (Wildman–Crippen LogP) is 1.99. The molecular weight excluding hydrogens is 332 g/mol. The molecule has 0 aliphatic rings. The Balaban J connectivity index is 2.65. The number of hydrogen-bond acceptors (Lipinski definition) is 6. The molecule has 2 N–H and O–H groups in total. The number of carbonyl (C=O) groups excluding carboxylic acids is 1. The fourth-order valence-corrected chi connectivity index (χ4v) is 2.24. The molecule has 25 heavy (non-hydrogen) atoms. The molecule has 0 aromatic heterocycles. The van der Waals surface area contributed by atoms with Crippen molar-refractivity contribution in [1.82, 2.24) is 5.32 Å². The molecule has 1 aromatic rings. The van der Waals surface area contributed by atoms with Crippen LogP contribution in [0.1, 0.15) is 26.7 Å². The van der Waals surface area contributed by atoms with Crippen LogP contribution in [0, 0.1) is 15.5 Å². The molecule has 0 saturated carbocycles. The molecule has 0 heterocycles. The Kier molecular flexibility index (Phi) is 7.16. The maximum absolute atomic E-state index is 11.9. The summed E-state index contributed by atoms with van der Waals surface area (Å²) in [7, 11) is 1.29. The SMILES string of the molecule is CCC(CC)(CNC(=O)COc1ccc([N+](=O)[O-])c(OC)c1)C(=O)O. The third-order valence-electron chi connectivity index (χ3n) is 4.15. The van der Waals surface area contributed by atoms with E-state index in [9.17, 15) is 24.8 Å². The molecule has 0 radical (unpaired) electrons. The normalized spacial score (nSPS) is 10.8. The summed E-state index contributed by atoms with van der Waals surface area (Å²) in [6.45, 7) is 3.16. The highest BCUT2D eigenvalue weighted by Crippen LogP contribution is 2.30. The van der Waals surface area contributed by atoms with Crippen LogP contribution < -0.4 is 14.8 Å². The summed E-state index contributed by atoms with van der Waals surface area (Å²) in [4.78, 5) is 33.5. The molecule has 1 aromatic carbocycles. The highest BCUT2D eigenvalue weighted by molar-refractivity contribution is 5.80. The quantitative estimate of drug-likeness (QED) is 0.485. The molecule has 0 fully saturated rings. The third-order valence-corrected chi connectivity index (χ3v) is 4.15. The lowest BCUT2D eigenvalue weighted by Crippen LogP contribution is -2.43. The van der Waals surface area contributed by atoms with Gasteiger partial charge in [0.1, 0.15) is 5.75 Å². The van der Waals surface area contributed by atoms with Gasteiger partial charge in [0.2, 0.25) is 5.75 Å². The van der Waals surface area contributed by atoms with Gasteiger partial charge in [0.25, 0.3) is 5.91 Å². The van der Waals surface area contributed by atoms with Crippen LogP contribution in [-0.2, 0) is 9.59 Å². The number of hydrogen-bond donors (Lipinski definition) is 2. The molecule has 0 atom stereocenters. The summed E-state index contributed by atoms with van der Waals surface area (Å²) in [6.07, 6.45) is 0.777. The number of carbonyl (C=O) groups is 2. The lowest BCUT2D eigenvalue weighted by atomic mass is 9.82. The number of nitrogens with one attached hydrogen (secondary N) is 1. The minimum Gasteiger partial charge on any atom is -0.490 e. The second-order valence-corrected chi connectivity index (χ2v) is 5.45. The summed E-state index contributed by atoms with van der Waals surface area (Å²) in [5.74, 6) is -1.19. The summed E-state index contributed by atoms with van der Waals surface area (Å²) < 4.78 is 10.2. The van der Waals surface area contributed by atoms with Gasteiger partial charge in [0.05, 0.1) is 17.4 Å². The molecule has 138 valence electrons. The monoisotopic (exact) mass is 354 g/mol. The van der Waals surface area contributed by atoms with Gasteiger partial charge in [-0.25, -0.2) is 0 Å². The first kappa shape index (κ1) is 20.2. The van der Waals surface area contributed by atoms with Crippen LogP contribution in [0.5, 0.6) is 11.5 Å². The molecule has 0 unspecified atom stereocenters. The first-order valence-corrected chi connectivity index (χ1v) is 7.75. The minimum atomic E-state index is -1.01. The summed E-state index contributed by atoms with van der Waals surface area (Å²) in [5.41, 5.74) is -1.22. The second-order valence-electron chi connectivity index (χ2n) is 5.45. The third kappa shape index (κ3) is 5.07. The Labute approximate surface area is 145 Å². The van der Waals surface area contributed by atoms with E-state index < -0.39 is 22.2 Å². The highest BCUT2D eigenvalue weighted by atomic mass is 16.6. The van der Waals surface area contributed by atoms with Crippen LogP contribution in [0.25, 0.3) is 0 Å². The number of benzene rings is 1. The van der Waals surface area contributed by atoms with Crippen LogP contribution in [0.15, 0.2) is 18.2 Å². The zero-order valence-electron chi connectivity index (χ0n) is 14.4. The Bertz CT molecular complexity index is 641. The molecule has 0 aliphatic carbocycles. The van der Waals surface area contributed by atoms with E-state index in [0.717, 1.165) is 0 Å². The summed E-state index contributed by atoms with van der Waals surface area (Å²) in [6, 6.07) is 3.88. The molecular formula is C16H22N2O7. The minimum absolute atomic E-state index is 0.00110. The van der Waals surface area contributed by atoms with Crippen molar-refractivity contribution >= 4 is 17.6 Å². The number of nitrogens with zero attached hydrogens (tertiary/aromatic N) is 1. The fourth-order valence-electron chi connectivity index (χ4n) is 2.24. The van der Waals surface area contributed by atoms with E-state index in [4.69, 9.17) is 9.47 Å². The van der Waals surface area contributed by atoms with E-state index in [2.05, 4.69) is 5.32 Å². The average Bonchev–Trinajstić information content (AvgIpc) is 2.60. The first-order chi connectivity index (χ1) is 11.8. The molecule has 9 nitrogen and oxygen atoms in total. The van der Waals surface area contributed by atoms with Crippen LogP contribution >= 0.6 is 0 Å². The van der Waals surface area contributed by atoms with Crippen molar-refractivity contribution in [3.63, 3.8) is 0 Å². The number of amides is 1. The van der Waals surface area contributed by atoms with E-state index in [1.165, 1.54) is 25.3 Å². The molecule has 0 saturated heterocycles. The van der Waals surface area contributed by atoms with E-state index >= 15 is 0 Å². The smallest absolute Gasteiger partial charge is 0.311 e. The van der Waals surface area contributed by atoms with E-state index in [1.807, 2.05) is 0 Å². The van der Waals surface area contributed by atoms with Gasteiger partial charge in [-0.2, -0.15) is 0 Å². The Morgan fingerprint density at radius 2 is 1.96 bits per heavy atom. The van der Waals surface area contributed by atoms with Gasteiger partial charge in [0.15, 0.2) is 6.61 Å². The van der Waals surface area contributed by atoms with Crippen molar-refractivity contribution in [1.29, 1.82) is 0 Å². The predicted molar refractivity (Wildman–Crippen MR) is 88.8 cm³/mol. The van der Waals surface area contributed by atoms with Crippen molar-refractivity contribution in [3.8, 4) is 11.5 Å². The van der Waals surface area contributed by atoms with Crippen LogP contribution in [0.2, 0.25) is 0 Å². The van der Waals surface area contributed by atoms with Crippen LogP contribution in [0.3, 0.4) is 0 Å². The fraction of sp³-hybridized carbons (Fsp3) is 0.500. The van der Waals surface area contributed by atoms with Gasteiger partial charge in [-0.15, -0.1) is 0 Å². The van der Waals surface area contributed by atoms with Crippen LogP contribution in [0.4, 0.5) is 5.69 Å². The standard InChI is InChI=1S/C16H22N2O7/c1-4-16(5-2,15(20)21)10-17-14(19)9-25-11-6-7-12(18(22)23)13(8-11)24-3/h6-8H,4-5,9-10H2,1-3H3,(H,17,19)(H,20,21). The zero-order chi connectivity index (χ0) is 19.0. The Morgan fingerprint density at radius 3 is 2.44 bits per heavy atom. The van der Waals surface area contributed by atoms with Gasteiger partial charge in [-0.1, -0.05) is 13.8 Å². The van der Waals surface area contributed by atoms with Crippen molar-refractivity contribution in [2.24, 2.45) is 5.41 Å². The molecule has 0 bridgehead atoms. The van der Waals surface area contributed by atoms with E-state index in [1.54, 1.807) is 13.8 Å². The van der Waals surface area contributed by atoms with E-state index in [-0.39, 0.29) is 30.3 Å². The Morgan fingerprint density at radius 1 is 1.32 bits per heavy atom. The summed E-state index contributed by atoms with van der Waals surface area (Å²) in [5, 5.41) is 22.7. The molecule has 0 aliphatic heterocycles. The van der Waals surface area contributed by atoms with Gasteiger partial charge < -0.3 is 19.9 Å². The maximum atomic E-state index is 11.9. The number of rotatable bonds is 10. The molecule has 1 rings (SSSR count). The lowest BCUT2D eigenvalue weighted by Gasteiger charge is -2.26. The second kappa shape index (κ2) is 8.86. The maximum Gasteiger partial charge on any atom is 0.311 e. The average molecular weight is 354 g/mol. The topological polar surface area (TPSA) is 128 Å². The van der Waals surface area contributed by atoms with Crippen molar-refractivity contribution in [2.75, 3.05) is 20.3 Å². The van der Waals surface area contributed by atoms with Gasteiger partial charge >= 0.3 is 11.7 Å². The molecule has 0 spiro atoms. The molecule has 9 heteroatoms. The van der Waals surface area contributed by atoms with Crippen molar-refractivity contribution < 1.29 is 29.1 Å². The number of aliphatic carboxylic acids is 1.